The third kappa shape index (κ3) is 6.17. The molecule has 0 saturated carbocycles. The number of benzene rings is 1. The van der Waals surface area contributed by atoms with Crippen LogP contribution in [0.25, 0.3) is 0 Å². The fourth-order valence-electron chi connectivity index (χ4n) is 0.893. The first kappa shape index (κ1) is 13.7. The molecule has 0 radical (unpaired) electrons. The first-order chi connectivity index (χ1) is 7.47. The van der Waals surface area contributed by atoms with Gasteiger partial charge >= 0.3 is 6.03 Å². The molecule has 0 fully saturated rings. The van der Waals surface area contributed by atoms with Crippen LogP contribution in [-0.4, -0.2) is 26.2 Å². The molecule has 0 unspecified atom stereocenters. The van der Waals surface area contributed by atoms with Crippen LogP contribution in [0.15, 0.2) is 29.3 Å². The molecule has 1 aromatic carbocycles. The number of hydrogen-bond acceptors (Lipinski definition) is 4. The van der Waals surface area contributed by atoms with Gasteiger partial charge in [-0.3, -0.25) is 0 Å². The Balaban J connectivity index is 0.000000487. The van der Waals surface area contributed by atoms with Crippen molar-refractivity contribution < 1.29 is 9.59 Å². The molecule has 0 atom stereocenters. The highest BCUT2D eigenvalue weighted by atomic mass is 16.2. The van der Waals surface area contributed by atoms with Crippen LogP contribution in [-0.2, 0) is 4.79 Å². The number of nitrogens with two attached hydrogens (primary N) is 2. The highest BCUT2D eigenvalue weighted by molar-refractivity contribution is 5.69. The van der Waals surface area contributed by atoms with Crippen LogP contribution in [0.3, 0.4) is 0 Å². The average Bonchev–Trinajstić information content (AvgIpc) is 2.17. The van der Waals surface area contributed by atoms with E-state index in [1.54, 1.807) is 6.07 Å². The van der Waals surface area contributed by atoms with Crippen molar-refractivity contribution in [2.45, 2.75) is 0 Å². The molecule has 0 aliphatic carbocycles. The molecular weight excluding hydrogens is 208 g/mol. The number of nitrogens with zero attached hydrogens (tertiary/aromatic N) is 2. The highest BCUT2D eigenvalue weighted by Crippen LogP contribution is 2.18. The number of carbonyl (C=O) groups excluding carboxylic acids is 2. The number of urea groups is 1. The van der Waals surface area contributed by atoms with E-state index in [1.807, 2.05) is 37.2 Å². The van der Waals surface area contributed by atoms with Gasteiger partial charge in [0.05, 0.1) is 5.69 Å². The van der Waals surface area contributed by atoms with E-state index in [1.165, 1.54) is 6.08 Å². The van der Waals surface area contributed by atoms with Gasteiger partial charge in [-0.1, -0.05) is 6.07 Å². The third-order valence-corrected chi connectivity index (χ3v) is 1.52. The van der Waals surface area contributed by atoms with Crippen LogP contribution in [0.1, 0.15) is 0 Å². The molecule has 6 heteroatoms. The van der Waals surface area contributed by atoms with Crippen LogP contribution in [0.2, 0.25) is 0 Å². The number of anilines is 1. The molecule has 0 bridgehead atoms. The summed E-state index contributed by atoms with van der Waals surface area (Å²) in [5.41, 5.74) is 10.2. The van der Waals surface area contributed by atoms with Gasteiger partial charge in [-0.25, -0.2) is 9.59 Å². The summed E-state index contributed by atoms with van der Waals surface area (Å²) in [7, 11) is 3.87. The largest absolute Gasteiger partial charge is 0.378 e. The van der Waals surface area contributed by atoms with Crippen molar-refractivity contribution >= 4 is 23.5 Å². The third-order valence-electron chi connectivity index (χ3n) is 1.52. The fraction of sp³-hybridized carbons (Fsp3) is 0.200. The number of primary amides is 2. The topological polar surface area (TPSA) is 102 Å². The van der Waals surface area contributed by atoms with Crippen LogP contribution >= 0.6 is 0 Å². The van der Waals surface area contributed by atoms with Crippen molar-refractivity contribution in [2.75, 3.05) is 19.0 Å². The van der Waals surface area contributed by atoms with Crippen LogP contribution in [0.5, 0.6) is 0 Å². The Hall–Kier alpha value is -2.33. The lowest BCUT2D eigenvalue weighted by atomic mass is 10.3. The summed E-state index contributed by atoms with van der Waals surface area (Å²) in [5, 5.41) is 0. The minimum atomic E-state index is -0.833. The molecule has 1 rings (SSSR count). The molecule has 0 aliphatic rings. The molecule has 0 aliphatic heterocycles. The Morgan fingerprint density at radius 1 is 1.38 bits per heavy atom. The number of carbonyl (C=O) groups is 1. The van der Waals surface area contributed by atoms with Crippen molar-refractivity contribution in [3.63, 3.8) is 0 Å². The standard InChI is InChI=1S/C9H10N2O.CH4N2O/c1-11(2)9-5-3-4-8(6-9)10-7-12;2-1(3)4/h3-6H,1-2H3;(H4,2,3,4). The zero-order valence-electron chi connectivity index (χ0n) is 9.18. The molecule has 16 heavy (non-hydrogen) atoms. The first-order valence-corrected chi connectivity index (χ1v) is 4.37. The molecule has 0 heterocycles. The lowest BCUT2D eigenvalue weighted by Crippen LogP contribution is -2.18. The van der Waals surface area contributed by atoms with Crippen molar-refractivity contribution in [1.82, 2.24) is 0 Å². The van der Waals surface area contributed by atoms with Crippen molar-refractivity contribution in [2.24, 2.45) is 16.5 Å². The smallest absolute Gasteiger partial charge is 0.309 e. The average molecular weight is 222 g/mol. The number of amides is 2. The Morgan fingerprint density at radius 3 is 2.38 bits per heavy atom. The predicted molar refractivity (Wildman–Crippen MR) is 62.3 cm³/mol. The van der Waals surface area contributed by atoms with Crippen LogP contribution in [0.4, 0.5) is 16.2 Å². The SMILES string of the molecule is CN(C)c1cccc(N=C=O)c1.NC(N)=O. The van der Waals surface area contributed by atoms with Gasteiger partial charge in [-0.2, -0.15) is 4.99 Å². The summed E-state index contributed by atoms with van der Waals surface area (Å²) in [6.45, 7) is 0. The summed E-state index contributed by atoms with van der Waals surface area (Å²) in [6, 6.07) is 6.55. The van der Waals surface area contributed by atoms with Crippen LogP contribution < -0.4 is 16.4 Å². The summed E-state index contributed by atoms with van der Waals surface area (Å²) in [5.74, 6) is 0. The van der Waals surface area contributed by atoms with Crippen LogP contribution in [0, 0.1) is 0 Å². The first-order valence-electron chi connectivity index (χ1n) is 4.37. The Bertz CT molecular complexity index is 394. The molecule has 86 valence electrons. The maximum absolute atomic E-state index is 9.95. The molecule has 0 saturated heterocycles. The molecule has 1 aromatic rings. The van der Waals surface area contributed by atoms with E-state index in [0.29, 0.717) is 5.69 Å². The predicted octanol–water partition coefficient (Wildman–Crippen LogP) is 0.744. The number of isocyanates is 1. The number of hydrogen-bond donors (Lipinski definition) is 2. The van der Waals surface area contributed by atoms with E-state index in [-0.39, 0.29) is 0 Å². The lowest BCUT2D eigenvalue weighted by molar-refractivity contribution is 0.256. The quantitative estimate of drug-likeness (QED) is 0.570. The summed E-state index contributed by atoms with van der Waals surface area (Å²) >= 11 is 0. The van der Waals surface area contributed by atoms with Crippen molar-refractivity contribution in [3.05, 3.63) is 24.3 Å². The Labute approximate surface area is 93.6 Å². The van der Waals surface area contributed by atoms with E-state index < -0.39 is 6.03 Å². The molecule has 0 spiro atoms. The van der Waals surface area contributed by atoms with E-state index in [4.69, 9.17) is 4.79 Å². The van der Waals surface area contributed by atoms with Gasteiger partial charge in [0, 0.05) is 19.8 Å². The van der Waals surface area contributed by atoms with Gasteiger partial charge in [-0.15, -0.1) is 0 Å². The number of aliphatic imine (C=N–C) groups is 1. The normalized spacial score (nSPS) is 8.12. The zero-order valence-corrected chi connectivity index (χ0v) is 9.18. The summed E-state index contributed by atoms with van der Waals surface area (Å²) in [6.07, 6.45) is 1.51. The van der Waals surface area contributed by atoms with Gasteiger partial charge in [0.2, 0.25) is 6.08 Å². The molecule has 2 amide bonds. The van der Waals surface area contributed by atoms with Gasteiger partial charge in [-0.05, 0) is 18.2 Å². The maximum atomic E-state index is 9.95. The van der Waals surface area contributed by atoms with E-state index in [0.717, 1.165) is 5.69 Å². The van der Waals surface area contributed by atoms with Crippen molar-refractivity contribution in [3.8, 4) is 0 Å². The van der Waals surface area contributed by atoms with E-state index in [2.05, 4.69) is 16.5 Å². The van der Waals surface area contributed by atoms with Gasteiger partial charge < -0.3 is 16.4 Å². The summed E-state index contributed by atoms with van der Waals surface area (Å²) < 4.78 is 0. The minimum absolute atomic E-state index is 0.635. The minimum Gasteiger partial charge on any atom is -0.378 e. The maximum Gasteiger partial charge on any atom is 0.309 e. The molecular formula is C10H14N4O2. The second-order valence-electron chi connectivity index (χ2n) is 3.02. The van der Waals surface area contributed by atoms with Gasteiger partial charge in [0.1, 0.15) is 0 Å². The fourth-order valence-corrected chi connectivity index (χ4v) is 0.893. The van der Waals surface area contributed by atoms with E-state index >= 15 is 0 Å². The van der Waals surface area contributed by atoms with E-state index in [9.17, 15) is 4.79 Å². The monoisotopic (exact) mass is 222 g/mol. The van der Waals surface area contributed by atoms with Gasteiger partial charge in [0.15, 0.2) is 0 Å². The Kier molecular flexibility index (Phi) is 6.00. The number of rotatable bonds is 2. The van der Waals surface area contributed by atoms with Gasteiger partial charge in [0.25, 0.3) is 0 Å². The Morgan fingerprint density at radius 2 is 1.94 bits per heavy atom. The molecule has 4 N–H and O–H groups in total. The van der Waals surface area contributed by atoms with Crippen molar-refractivity contribution in [1.29, 1.82) is 0 Å². The second kappa shape index (κ2) is 7.03. The highest BCUT2D eigenvalue weighted by Gasteiger charge is 1.94. The summed E-state index contributed by atoms with van der Waals surface area (Å²) in [4.78, 5) is 24.4. The molecule has 0 aromatic heterocycles. The molecule has 6 nitrogen and oxygen atoms in total. The zero-order chi connectivity index (χ0) is 12.6. The lowest BCUT2D eigenvalue weighted by Gasteiger charge is -2.11. The second-order valence-corrected chi connectivity index (χ2v) is 3.02.